The molecule has 2 aromatic rings. The molecule has 1 aromatic heterocycles. The van der Waals surface area contributed by atoms with E-state index in [1.807, 2.05) is 35.2 Å². The third-order valence-corrected chi connectivity index (χ3v) is 5.44. The topological polar surface area (TPSA) is 81.2 Å². The van der Waals surface area contributed by atoms with Crippen LogP contribution in [-0.4, -0.2) is 74.1 Å². The van der Waals surface area contributed by atoms with Gasteiger partial charge >= 0.3 is 0 Å². The average Bonchev–Trinajstić information content (AvgIpc) is 2.82. The van der Waals surface area contributed by atoms with Crippen molar-refractivity contribution in [1.82, 2.24) is 14.8 Å². The zero-order valence-electron chi connectivity index (χ0n) is 18.3. The average molecular weight is 428 g/mol. The number of piperazine rings is 1. The largest absolute Gasteiger partial charge is 0.493 e. The number of nitrogens with zero attached hydrogens (tertiary/aromatic N) is 3. The van der Waals surface area contributed by atoms with Gasteiger partial charge in [-0.25, -0.2) is 0 Å². The van der Waals surface area contributed by atoms with E-state index in [0.717, 1.165) is 11.3 Å². The van der Waals surface area contributed by atoms with Crippen molar-refractivity contribution >= 4 is 11.8 Å². The minimum Gasteiger partial charge on any atom is -0.493 e. The molecule has 1 fully saturated rings. The first-order chi connectivity index (χ1) is 15.1. The molecule has 8 nitrogen and oxygen atoms in total. The summed E-state index contributed by atoms with van der Waals surface area (Å²) in [6.45, 7) is 2.15. The molecule has 2 heterocycles. The van der Waals surface area contributed by atoms with E-state index >= 15 is 0 Å². The predicted octanol–water partition coefficient (Wildman–Crippen LogP) is 1.95. The maximum Gasteiger partial charge on any atom is 0.228 e. The number of pyridine rings is 1. The molecule has 0 bridgehead atoms. The summed E-state index contributed by atoms with van der Waals surface area (Å²) in [5, 5.41) is 0. The first-order valence-corrected chi connectivity index (χ1v) is 10.3. The van der Waals surface area contributed by atoms with Crippen molar-refractivity contribution in [1.29, 1.82) is 0 Å². The van der Waals surface area contributed by atoms with Crippen LogP contribution in [0.5, 0.6) is 17.2 Å². The molecular weight excluding hydrogens is 398 g/mol. The molecular formula is C23H29N3O5. The summed E-state index contributed by atoms with van der Waals surface area (Å²) < 4.78 is 16.2. The van der Waals surface area contributed by atoms with Crippen LogP contribution >= 0.6 is 0 Å². The number of ether oxygens (including phenoxy) is 3. The molecule has 8 heteroatoms. The van der Waals surface area contributed by atoms with E-state index < -0.39 is 0 Å². The van der Waals surface area contributed by atoms with Gasteiger partial charge < -0.3 is 24.0 Å². The second-order valence-electron chi connectivity index (χ2n) is 7.25. The molecule has 0 aliphatic carbocycles. The predicted molar refractivity (Wildman–Crippen MR) is 116 cm³/mol. The smallest absolute Gasteiger partial charge is 0.228 e. The number of carbonyl (C=O) groups is 2. The molecule has 0 N–H and O–H groups in total. The van der Waals surface area contributed by atoms with Crippen LogP contribution in [0.3, 0.4) is 0 Å². The lowest BCUT2D eigenvalue weighted by Gasteiger charge is -2.35. The summed E-state index contributed by atoms with van der Waals surface area (Å²) in [5.74, 6) is 1.80. The molecule has 166 valence electrons. The van der Waals surface area contributed by atoms with Gasteiger partial charge in [-0.05, 0) is 30.2 Å². The summed E-state index contributed by atoms with van der Waals surface area (Å²) in [6, 6.07) is 9.25. The number of aryl methyl sites for hydroxylation is 1. The highest BCUT2D eigenvalue weighted by Crippen LogP contribution is 2.40. The van der Waals surface area contributed by atoms with Gasteiger partial charge in [0.05, 0.1) is 27.8 Å². The van der Waals surface area contributed by atoms with Crippen molar-refractivity contribution in [2.24, 2.45) is 0 Å². The molecule has 0 spiro atoms. The fraction of sp³-hybridized carbons (Fsp3) is 0.435. The minimum absolute atomic E-state index is 0.0425. The van der Waals surface area contributed by atoms with Gasteiger partial charge in [0.15, 0.2) is 11.5 Å². The van der Waals surface area contributed by atoms with Crippen LogP contribution in [0.2, 0.25) is 0 Å². The second kappa shape index (κ2) is 10.7. The highest BCUT2D eigenvalue weighted by Gasteiger charge is 2.25. The Labute approximate surface area is 182 Å². The van der Waals surface area contributed by atoms with Gasteiger partial charge in [0.25, 0.3) is 0 Å². The van der Waals surface area contributed by atoms with Crippen molar-refractivity contribution in [3.63, 3.8) is 0 Å². The summed E-state index contributed by atoms with van der Waals surface area (Å²) in [7, 11) is 4.70. The Morgan fingerprint density at radius 3 is 2.13 bits per heavy atom. The van der Waals surface area contributed by atoms with Crippen LogP contribution in [0, 0.1) is 0 Å². The van der Waals surface area contributed by atoms with Crippen molar-refractivity contribution < 1.29 is 23.8 Å². The Morgan fingerprint density at radius 2 is 1.55 bits per heavy atom. The maximum atomic E-state index is 12.7. The Balaban J connectivity index is 1.52. The van der Waals surface area contributed by atoms with Gasteiger partial charge in [0, 0.05) is 44.5 Å². The van der Waals surface area contributed by atoms with E-state index in [1.165, 1.54) is 0 Å². The lowest BCUT2D eigenvalue weighted by atomic mass is 10.1. The number of benzene rings is 1. The van der Waals surface area contributed by atoms with Gasteiger partial charge in [-0.1, -0.05) is 12.1 Å². The zero-order chi connectivity index (χ0) is 22.2. The highest BCUT2D eigenvalue weighted by atomic mass is 16.5. The number of carbonyl (C=O) groups excluding carboxylic acids is 2. The van der Waals surface area contributed by atoms with Gasteiger partial charge in [-0.3, -0.25) is 14.6 Å². The Hall–Kier alpha value is -3.29. The molecule has 3 rings (SSSR count). The number of hydrogen-bond donors (Lipinski definition) is 0. The number of amides is 2. The van der Waals surface area contributed by atoms with Crippen molar-refractivity contribution in [3.8, 4) is 17.2 Å². The van der Waals surface area contributed by atoms with Crippen molar-refractivity contribution in [2.75, 3.05) is 47.5 Å². The molecule has 1 aliphatic rings. The zero-order valence-corrected chi connectivity index (χ0v) is 18.3. The van der Waals surface area contributed by atoms with Crippen molar-refractivity contribution in [3.05, 3.63) is 47.8 Å². The van der Waals surface area contributed by atoms with Gasteiger partial charge in [-0.2, -0.15) is 0 Å². The lowest BCUT2D eigenvalue weighted by molar-refractivity contribution is -0.139. The number of rotatable bonds is 8. The molecule has 1 aromatic carbocycles. The minimum atomic E-state index is 0.0425. The van der Waals surface area contributed by atoms with Crippen LogP contribution in [0.15, 0.2) is 36.5 Å². The first kappa shape index (κ1) is 22.4. The summed E-state index contributed by atoms with van der Waals surface area (Å²) in [5.41, 5.74) is 1.65. The second-order valence-corrected chi connectivity index (χ2v) is 7.25. The fourth-order valence-electron chi connectivity index (χ4n) is 3.73. The van der Waals surface area contributed by atoms with Crippen molar-refractivity contribution in [2.45, 2.75) is 19.3 Å². The summed E-state index contributed by atoms with van der Waals surface area (Å²) >= 11 is 0. The maximum absolute atomic E-state index is 12.7. The SMILES string of the molecule is COc1ccc(CCC(=O)N2CCN(C(=O)Cc3ccccn3)CC2)c(OC)c1OC. The standard InChI is InChI=1S/C23H29N3O5/c1-29-19-9-7-17(22(30-2)23(19)31-3)8-10-20(27)25-12-14-26(15-13-25)21(28)16-18-6-4-5-11-24-18/h4-7,9,11H,8,10,12-16H2,1-3H3. The van der Waals surface area contributed by atoms with E-state index in [4.69, 9.17) is 14.2 Å². The molecule has 2 amide bonds. The van der Waals surface area contributed by atoms with Gasteiger partial charge in [0.1, 0.15) is 0 Å². The number of hydrogen-bond acceptors (Lipinski definition) is 6. The van der Waals surface area contributed by atoms with E-state index in [0.29, 0.717) is 56.3 Å². The normalized spacial score (nSPS) is 13.6. The molecule has 1 saturated heterocycles. The number of aromatic nitrogens is 1. The summed E-state index contributed by atoms with van der Waals surface area (Å²) in [4.78, 5) is 33.0. The quantitative estimate of drug-likeness (QED) is 0.641. The Kier molecular flexibility index (Phi) is 7.70. The van der Waals surface area contributed by atoms with Gasteiger partial charge in [0.2, 0.25) is 17.6 Å². The highest BCUT2D eigenvalue weighted by molar-refractivity contribution is 5.80. The fourth-order valence-corrected chi connectivity index (χ4v) is 3.73. The Morgan fingerprint density at radius 1 is 0.871 bits per heavy atom. The van der Waals surface area contributed by atoms with Crippen LogP contribution in [0.1, 0.15) is 17.7 Å². The first-order valence-electron chi connectivity index (χ1n) is 10.3. The lowest BCUT2D eigenvalue weighted by Crippen LogP contribution is -2.51. The van der Waals surface area contributed by atoms with E-state index in [2.05, 4.69) is 4.98 Å². The Bertz CT molecular complexity index is 896. The molecule has 0 unspecified atom stereocenters. The summed E-state index contributed by atoms with van der Waals surface area (Å²) in [6.07, 6.45) is 2.86. The molecule has 1 aliphatic heterocycles. The van der Waals surface area contributed by atoms with Crippen LogP contribution in [0.4, 0.5) is 0 Å². The van der Waals surface area contributed by atoms with Crippen LogP contribution in [0.25, 0.3) is 0 Å². The van der Waals surface area contributed by atoms with Crippen LogP contribution in [-0.2, 0) is 22.4 Å². The van der Waals surface area contributed by atoms with E-state index in [9.17, 15) is 9.59 Å². The van der Waals surface area contributed by atoms with Gasteiger partial charge in [-0.15, -0.1) is 0 Å². The van der Waals surface area contributed by atoms with E-state index in [1.54, 1.807) is 32.4 Å². The molecule has 0 radical (unpaired) electrons. The molecule has 31 heavy (non-hydrogen) atoms. The number of methoxy groups -OCH3 is 3. The third kappa shape index (κ3) is 5.45. The van der Waals surface area contributed by atoms with E-state index in [-0.39, 0.29) is 18.2 Å². The van der Waals surface area contributed by atoms with Crippen LogP contribution < -0.4 is 14.2 Å². The third-order valence-electron chi connectivity index (χ3n) is 5.44. The monoisotopic (exact) mass is 427 g/mol. The molecule has 0 atom stereocenters. The molecule has 0 saturated carbocycles.